The molecule has 3 aromatic carbocycles. The van der Waals surface area contributed by atoms with Crippen LogP contribution in [0.15, 0.2) is 60.7 Å². The van der Waals surface area contributed by atoms with E-state index >= 15 is 0 Å². The van der Waals surface area contributed by atoms with Crippen LogP contribution in [0.5, 0.6) is 17.2 Å². The largest absolute Gasteiger partial charge is 0.495 e. The van der Waals surface area contributed by atoms with Gasteiger partial charge in [-0.15, -0.1) is 0 Å². The van der Waals surface area contributed by atoms with Gasteiger partial charge in [0.2, 0.25) is 0 Å². The molecule has 0 aliphatic rings. The molecule has 0 saturated carbocycles. The van der Waals surface area contributed by atoms with Gasteiger partial charge in [-0.3, -0.25) is 0 Å². The van der Waals surface area contributed by atoms with Crippen LogP contribution in [0.2, 0.25) is 5.02 Å². The van der Waals surface area contributed by atoms with Gasteiger partial charge in [0.25, 0.3) is 0 Å². The summed E-state index contributed by atoms with van der Waals surface area (Å²) >= 11 is 6.18. The number of ether oxygens (including phenoxy) is 3. The van der Waals surface area contributed by atoms with E-state index in [0.717, 1.165) is 11.1 Å². The summed E-state index contributed by atoms with van der Waals surface area (Å²) in [5, 5.41) is 13.1. The fraction of sp³-hybridized carbons (Fsp3) is 0.174. The van der Waals surface area contributed by atoms with Crippen molar-refractivity contribution in [1.29, 1.82) is 0 Å². The fourth-order valence-corrected chi connectivity index (χ4v) is 3.08. The van der Waals surface area contributed by atoms with Gasteiger partial charge in [-0.25, -0.2) is 4.79 Å². The monoisotopic (exact) mass is 427 g/mol. The third-order valence-corrected chi connectivity index (χ3v) is 4.87. The predicted octanol–water partition coefficient (Wildman–Crippen LogP) is 5.25. The molecular weight excluding hydrogens is 406 g/mol. The molecule has 6 nitrogen and oxygen atoms in total. The van der Waals surface area contributed by atoms with E-state index in [1.165, 1.54) is 13.2 Å². The number of methoxy groups -OCH3 is 2. The smallest absolute Gasteiger partial charge is 0.335 e. The lowest BCUT2D eigenvalue weighted by Gasteiger charge is -2.15. The van der Waals surface area contributed by atoms with E-state index < -0.39 is 5.97 Å². The normalized spacial score (nSPS) is 10.4. The second kappa shape index (κ2) is 9.89. The molecule has 0 aromatic heterocycles. The lowest BCUT2D eigenvalue weighted by Crippen LogP contribution is -2.05. The Balaban J connectivity index is 1.71. The van der Waals surface area contributed by atoms with Crippen molar-refractivity contribution in [3.05, 3.63) is 82.4 Å². The Morgan fingerprint density at radius 1 is 0.967 bits per heavy atom. The standard InChI is InChI=1S/C23H22ClNO5/c1-28-20-10-8-16(23(26)27)12-19(20)25-13-15-7-9-21(22(11-15)29-2)30-14-17-5-3-4-6-18(17)24/h3-12,25H,13-14H2,1-2H3,(H,26,27). The highest BCUT2D eigenvalue weighted by atomic mass is 35.5. The minimum atomic E-state index is -0.998. The zero-order chi connectivity index (χ0) is 21.5. The Morgan fingerprint density at radius 3 is 2.40 bits per heavy atom. The third-order valence-electron chi connectivity index (χ3n) is 4.50. The van der Waals surface area contributed by atoms with Gasteiger partial charge >= 0.3 is 5.97 Å². The number of hydrogen-bond acceptors (Lipinski definition) is 5. The Kier molecular flexibility index (Phi) is 7.03. The SMILES string of the molecule is COc1ccc(C(=O)O)cc1NCc1ccc(OCc2ccccc2Cl)c(OC)c1. The van der Waals surface area contributed by atoms with Crippen molar-refractivity contribution in [2.24, 2.45) is 0 Å². The van der Waals surface area contributed by atoms with Gasteiger partial charge in [-0.2, -0.15) is 0 Å². The molecule has 0 saturated heterocycles. The number of aromatic carboxylic acids is 1. The molecule has 0 spiro atoms. The van der Waals surface area contributed by atoms with E-state index in [1.54, 1.807) is 19.2 Å². The summed E-state index contributed by atoms with van der Waals surface area (Å²) < 4.78 is 16.6. The maximum atomic E-state index is 11.2. The van der Waals surface area contributed by atoms with E-state index in [4.69, 9.17) is 25.8 Å². The Labute approximate surface area is 180 Å². The first-order valence-electron chi connectivity index (χ1n) is 9.20. The molecule has 30 heavy (non-hydrogen) atoms. The zero-order valence-corrected chi connectivity index (χ0v) is 17.4. The second-order valence-corrected chi connectivity index (χ2v) is 6.85. The fourth-order valence-electron chi connectivity index (χ4n) is 2.89. The van der Waals surface area contributed by atoms with Crippen molar-refractivity contribution in [3.63, 3.8) is 0 Å². The number of anilines is 1. The molecule has 0 amide bonds. The van der Waals surface area contributed by atoms with Crippen LogP contribution in [-0.2, 0) is 13.2 Å². The highest BCUT2D eigenvalue weighted by molar-refractivity contribution is 6.31. The molecule has 0 fully saturated rings. The van der Waals surface area contributed by atoms with Crippen molar-refractivity contribution < 1.29 is 24.1 Å². The zero-order valence-electron chi connectivity index (χ0n) is 16.6. The summed E-state index contributed by atoms with van der Waals surface area (Å²) in [6.07, 6.45) is 0. The van der Waals surface area contributed by atoms with E-state index in [2.05, 4.69) is 5.32 Å². The van der Waals surface area contributed by atoms with E-state index in [1.807, 2.05) is 42.5 Å². The molecular formula is C23H22ClNO5. The molecule has 156 valence electrons. The number of halogens is 1. The average Bonchev–Trinajstić information content (AvgIpc) is 2.77. The summed E-state index contributed by atoms with van der Waals surface area (Å²) in [6, 6.07) is 17.8. The van der Waals surface area contributed by atoms with E-state index in [-0.39, 0.29) is 5.56 Å². The first-order valence-corrected chi connectivity index (χ1v) is 9.58. The van der Waals surface area contributed by atoms with Crippen LogP contribution < -0.4 is 19.5 Å². The molecule has 0 aliphatic carbocycles. The van der Waals surface area contributed by atoms with E-state index in [9.17, 15) is 9.90 Å². The van der Waals surface area contributed by atoms with Crippen LogP contribution in [0.4, 0.5) is 5.69 Å². The Hall–Kier alpha value is -3.38. The molecule has 0 unspecified atom stereocenters. The first kappa shape index (κ1) is 21.3. The molecule has 2 N–H and O–H groups in total. The number of hydrogen-bond donors (Lipinski definition) is 2. The van der Waals surface area contributed by atoms with Crippen molar-refractivity contribution in [3.8, 4) is 17.2 Å². The highest BCUT2D eigenvalue weighted by Gasteiger charge is 2.11. The molecule has 7 heteroatoms. The van der Waals surface area contributed by atoms with Crippen molar-refractivity contribution >= 4 is 23.3 Å². The average molecular weight is 428 g/mol. The molecule has 0 aliphatic heterocycles. The van der Waals surface area contributed by atoms with Crippen molar-refractivity contribution in [2.75, 3.05) is 19.5 Å². The van der Waals surface area contributed by atoms with Crippen LogP contribution in [0.3, 0.4) is 0 Å². The van der Waals surface area contributed by atoms with Crippen LogP contribution in [0.25, 0.3) is 0 Å². The first-order chi connectivity index (χ1) is 14.5. The Morgan fingerprint density at radius 2 is 1.70 bits per heavy atom. The molecule has 0 heterocycles. The van der Waals surface area contributed by atoms with Crippen LogP contribution in [0.1, 0.15) is 21.5 Å². The van der Waals surface area contributed by atoms with Gasteiger partial charge in [0.05, 0.1) is 25.5 Å². The molecule has 3 rings (SSSR count). The lowest BCUT2D eigenvalue weighted by atomic mass is 10.1. The quantitative estimate of drug-likeness (QED) is 0.486. The lowest BCUT2D eigenvalue weighted by molar-refractivity contribution is 0.0697. The molecule has 0 radical (unpaired) electrons. The van der Waals surface area contributed by atoms with Crippen LogP contribution in [-0.4, -0.2) is 25.3 Å². The minimum Gasteiger partial charge on any atom is -0.495 e. The second-order valence-electron chi connectivity index (χ2n) is 6.44. The summed E-state index contributed by atoms with van der Waals surface area (Å²) in [5.74, 6) is 0.758. The van der Waals surface area contributed by atoms with Crippen molar-refractivity contribution in [2.45, 2.75) is 13.2 Å². The topological polar surface area (TPSA) is 77.0 Å². The summed E-state index contributed by atoms with van der Waals surface area (Å²) in [5.41, 5.74) is 2.59. The van der Waals surface area contributed by atoms with Gasteiger partial charge in [0, 0.05) is 17.1 Å². The number of nitrogens with one attached hydrogen (secondary N) is 1. The van der Waals surface area contributed by atoms with E-state index in [0.29, 0.717) is 41.1 Å². The van der Waals surface area contributed by atoms with Gasteiger partial charge in [0.1, 0.15) is 12.4 Å². The summed E-state index contributed by atoms with van der Waals surface area (Å²) in [4.78, 5) is 11.2. The summed E-state index contributed by atoms with van der Waals surface area (Å²) in [7, 11) is 3.11. The van der Waals surface area contributed by atoms with Crippen LogP contribution in [0, 0.1) is 0 Å². The van der Waals surface area contributed by atoms with Crippen molar-refractivity contribution in [1.82, 2.24) is 0 Å². The molecule has 3 aromatic rings. The maximum Gasteiger partial charge on any atom is 0.335 e. The number of rotatable bonds is 9. The summed E-state index contributed by atoms with van der Waals surface area (Å²) in [6.45, 7) is 0.771. The molecule has 0 atom stereocenters. The van der Waals surface area contributed by atoms with Gasteiger partial charge in [-0.05, 0) is 42.0 Å². The highest BCUT2D eigenvalue weighted by Crippen LogP contribution is 2.31. The number of carboxylic acids is 1. The third kappa shape index (κ3) is 5.15. The van der Waals surface area contributed by atoms with Gasteiger partial charge in [0.15, 0.2) is 11.5 Å². The van der Waals surface area contributed by atoms with Gasteiger partial charge in [-0.1, -0.05) is 35.9 Å². The molecule has 0 bridgehead atoms. The van der Waals surface area contributed by atoms with Gasteiger partial charge < -0.3 is 24.6 Å². The number of carboxylic acid groups (broad SMARTS) is 1. The maximum absolute atomic E-state index is 11.2. The number of benzene rings is 3. The Bertz CT molecular complexity index is 1040. The van der Waals surface area contributed by atoms with Crippen LogP contribution >= 0.6 is 11.6 Å². The minimum absolute atomic E-state index is 0.180. The predicted molar refractivity (Wildman–Crippen MR) is 116 cm³/mol. The number of carbonyl (C=O) groups is 1.